The van der Waals surface area contributed by atoms with Gasteiger partial charge in [-0.05, 0) is 31.7 Å². The van der Waals surface area contributed by atoms with E-state index in [1.165, 1.54) is 31.4 Å². The lowest BCUT2D eigenvalue weighted by atomic mass is 9.80. The van der Waals surface area contributed by atoms with Gasteiger partial charge in [-0.1, -0.05) is 12.8 Å². The molecule has 0 bridgehead atoms. The predicted molar refractivity (Wildman–Crippen MR) is 76.6 cm³/mol. The second-order valence-corrected chi connectivity index (χ2v) is 6.46. The normalized spacial score (nSPS) is 28.9. The molecule has 1 saturated carbocycles. The highest BCUT2D eigenvalue weighted by molar-refractivity contribution is 6.18. The standard InChI is InChI=1S/C15H23ClN2O/c16-11-15(7-3-9-19-12-15)10-13-6-8-18(17-13)14-4-1-2-5-14/h6,8,14H,1-5,7,9-12H2. The zero-order valence-corrected chi connectivity index (χ0v) is 12.2. The topological polar surface area (TPSA) is 27.1 Å². The van der Waals surface area contributed by atoms with E-state index in [0.29, 0.717) is 11.9 Å². The molecule has 1 aromatic heterocycles. The quantitative estimate of drug-likeness (QED) is 0.790. The van der Waals surface area contributed by atoms with Crippen molar-refractivity contribution in [2.75, 3.05) is 19.1 Å². The molecular formula is C15H23ClN2O. The smallest absolute Gasteiger partial charge is 0.0631 e. The second-order valence-electron chi connectivity index (χ2n) is 6.19. The van der Waals surface area contributed by atoms with Gasteiger partial charge in [0, 0.05) is 30.5 Å². The van der Waals surface area contributed by atoms with Crippen LogP contribution < -0.4 is 0 Å². The van der Waals surface area contributed by atoms with Crippen molar-refractivity contribution in [1.82, 2.24) is 9.78 Å². The molecule has 2 aliphatic rings. The first-order valence-corrected chi connectivity index (χ1v) is 8.03. The van der Waals surface area contributed by atoms with Crippen LogP contribution in [0, 0.1) is 5.41 Å². The van der Waals surface area contributed by atoms with E-state index in [-0.39, 0.29) is 5.41 Å². The minimum Gasteiger partial charge on any atom is -0.381 e. The lowest BCUT2D eigenvalue weighted by Gasteiger charge is -2.34. The molecule has 1 aliphatic heterocycles. The molecule has 3 rings (SSSR count). The maximum atomic E-state index is 6.21. The van der Waals surface area contributed by atoms with E-state index in [2.05, 4.69) is 16.9 Å². The summed E-state index contributed by atoms with van der Waals surface area (Å²) < 4.78 is 7.81. The van der Waals surface area contributed by atoms with Crippen molar-refractivity contribution in [3.63, 3.8) is 0 Å². The van der Waals surface area contributed by atoms with E-state index in [0.717, 1.165) is 32.5 Å². The van der Waals surface area contributed by atoms with Gasteiger partial charge < -0.3 is 4.74 Å². The molecule has 0 amide bonds. The van der Waals surface area contributed by atoms with Gasteiger partial charge in [0.15, 0.2) is 0 Å². The van der Waals surface area contributed by atoms with Gasteiger partial charge in [0.25, 0.3) is 0 Å². The third-order valence-corrected chi connectivity index (χ3v) is 5.17. The van der Waals surface area contributed by atoms with Gasteiger partial charge in [0.1, 0.15) is 0 Å². The lowest BCUT2D eigenvalue weighted by molar-refractivity contribution is 0.00422. The molecule has 1 saturated heterocycles. The summed E-state index contributed by atoms with van der Waals surface area (Å²) in [4.78, 5) is 0. The monoisotopic (exact) mass is 282 g/mol. The van der Waals surface area contributed by atoms with Gasteiger partial charge in [-0.3, -0.25) is 4.68 Å². The SMILES string of the molecule is ClCC1(Cc2ccn(C3CCCC3)n2)CCCOC1. The van der Waals surface area contributed by atoms with Crippen LogP contribution in [-0.2, 0) is 11.2 Å². The molecule has 106 valence electrons. The fourth-order valence-corrected chi connectivity index (χ4v) is 3.74. The fourth-order valence-electron chi connectivity index (χ4n) is 3.43. The van der Waals surface area contributed by atoms with Crippen molar-refractivity contribution < 1.29 is 4.74 Å². The highest BCUT2D eigenvalue weighted by Gasteiger charge is 2.33. The molecular weight excluding hydrogens is 260 g/mol. The summed E-state index contributed by atoms with van der Waals surface area (Å²) in [5.74, 6) is 0.670. The summed E-state index contributed by atoms with van der Waals surface area (Å²) in [5, 5.41) is 4.78. The average Bonchev–Trinajstić information content (AvgIpc) is 3.10. The van der Waals surface area contributed by atoms with Crippen LogP contribution in [0.1, 0.15) is 50.3 Å². The Morgan fingerprint density at radius 1 is 1.37 bits per heavy atom. The number of alkyl halides is 1. The third-order valence-electron chi connectivity index (χ3n) is 4.61. The van der Waals surface area contributed by atoms with Crippen molar-refractivity contribution >= 4 is 11.6 Å². The number of hydrogen-bond donors (Lipinski definition) is 0. The van der Waals surface area contributed by atoms with E-state index >= 15 is 0 Å². The fraction of sp³-hybridized carbons (Fsp3) is 0.800. The Bertz CT molecular complexity index is 406. The van der Waals surface area contributed by atoms with E-state index in [1.54, 1.807) is 0 Å². The molecule has 1 aliphatic carbocycles. The highest BCUT2D eigenvalue weighted by atomic mass is 35.5. The molecule has 19 heavy (non-hydrogen) atoms. The van der Waals surface area contributed by atoms with E-state index < -0.39 is 0 Å². The van der Waals surface area contributed by atoms with Crippen molar-refractivity contribution in [2.45, 2.75) is 51.0 Å². The Hall–Kier alpha value is -0.540. The zero-order chi connectivity index (χ0) is 13.1. The molecule has 1 unspecified atom stereocenters. The van der Waals surface area contributed by atoms with Crippen LogP contribution in [0.25, 0.3) is 0 Å². The van der Waals surface area contributed by atoms with Crippen molar-refractivity contribution in [1.29, 1.82) is 0 Å². The Labute approximate surface area is 120 Å². The minimum absolute atomic E-state index is 0.106. The Morgan fingerprint density at radius 2 is 2.21 bits per heavy atom. The van der Waals surface area contributed by atoms with Crippen molar-refractivity contribution in [3.8, 4) is 0 Å². The first-order chi connectivity index (χ1) is 9.31. The van der Waals surface area contributed by atoms with Crippen LogP contribution in [0.4, 0.5) is 0 Å². The molecule has 0 aromatic carbocycles. The summed E-state index contributed by atoms with van der Waals surface area (Å²) in [5.41, 5.74) is 1.28. The molecule has 0 spiro atoms. The van der Waals surface area contributed by atoms with Gasteiger partial charge in [0.05, 0.1) is 18.3 Å². The summed E-state index contributed by atoms with van der Waals surface area (Å²) in [6, 6.07) is 2.80. The molecule has 2 heterocycles. The molecule has 0 N–H and O–H groups in total. The summed E-state index contributed by atoms with van der Waals surface area (Å²) >= 11 is 6.21. The van der Waals surface area contributed by atoms with Gasteiger partial charge >= 0.3 is 0 Å². The molecule has 1 aromatic rings. The van der Waals surface area contributed by atoms with Gasteiger partial charge in [0.2, 0.25) is 0 Å². The molecule has 1 atom stereocenters. The second kappa shape index (κ2) is 5.84. The number of aromatic nitrogens is 2. The summed E-state index contributed by atoms with van der Waals surface area (Å²) in [7, 11) is 0. The highest BCUT2D eigenvalue weighted by Crippen LogP contribution is 2.34. The van der Waals surface area contributed by atoms with Crippen LogP contribution in [0.3, 0.4) is 0 Å². The average molecular weight is 283 g/mol. The number of rotatable bonds is 4. The third kappa shape index (κ3) is 2.97. The van der Waals surface area contributed by atoms with Crippen molar-refractivity contribution in [3.05, 3.63) is 18.0 Å². The summed E-state index contributed by atoms with van der Waals surface area (Å²) in [6.45, 7) is 1.67. The first kappa shape index (κ1) is 13.4. The zero-order valence-electron chi connectivity index (χ0n) is 11.5. The van der Waals surface area contributed by atoms with Crippen LogP contribution in [0.5, 0.6) is 0 Å². The predicted octanol–water partition coefficient (Wildman–Crippen LogP) is 3.58. The number of halogens is 1. The lowest BCUT2D eigenvalue weighted by Crippen LogP contribution is -2.35. The Morgan fingerprint density at radius 3 is 2.89 bits per heavy atom. The van der Waals surface area contributed by atoms with E-state index in [1.807, 2.05) is 0 Å². The van der Waals surface area contributed by atoms with E-state index in [9.17, 15) is 0 Å². The van der Waals surface area contributed by atoms with Crippen LogP contribution in [0.2, 0.25) is 0 Å². The molecule has 3 nitrogen and oxygen atoms in total. The largest absolute Gasteiger partial charge is 0.381 e. The Kier molecular flexibility index (Phi) is 4.13. The molecule has 2 fully saturated rings. The molecule has 0 radical (unpaired) electrons. The van der Waals surface area contributed by atoms with E-state index in [4.69, 9.17) is 21.4 Å². The van der Waals surface area contributed by atoms with Crippen LogP contribution in [-0.4, -0.2) is 28.9 Å². The Balaban J connectivity index is 1.68. The minimum atomic E-state index is 0.106. The van der Waals surface area contributed by atoms with Gasteiger partial charge in [-0.2, -0.15) is 5.10 Å². The first-order valence-electron chi connectivity index (χ1n) is 7.49. The van der Waals surface area contributed by atoms with Gasteiger partial charge in [-0.15, -0.1) is 11.6 Å². The van der Waals surface area contributed by atoms with Crippen LogP contribution >= 0.6 is 11.6 Å². The maximum absolute atomic E-state index is 6.21. The summed E-state index contributed by atoms with van der Waals surface area (Å²) in [6.07, 6.45) is 10.6. The van der Waals surface area contributed by atoms with Crippen molar-refractivity contribution in [2.24, 2.45) is 5.41 Å². The number of nitrogens with zero attached hydrogens (tertiary/aromatic N) is 2. The maximum Gasteiger partial charge on any atom is 0.0631 e. The van der Waals surface area contributed by atoms with Crippen LogP contribution in [0.15, 0.2) is 12.3 Å². The molecule has 4 heteroatoms. The van der Waals surface area contributed by atoms with Gasteiger partial charge in [-0.25, -0.2) is 0 Å². The number of hydrogen-bond acceptors (Lipinski definition) is 2. The number of ether oxygens (including phenoxy) is 1.